The van der Waals surface area contributed by atoms with E-state index in [4.69, 9.17) is 0 Å². The lowest BCUT2D eigenvalue weighted by Gasteiger charge is -2.36. The lowest BCUT2D eigenvalue weighted by molar-refractivity contribution is -0.383. The smallest absolute Gasteiger partial charge is 0.353 e. The van der Waals surface area contributed by atoms with Crippen molar-refractivity contribution in [2.45, 2.75) is 6.42 Å². The highest BCUT2D eigenvalue weighted by Crippen LogP contribution is 2.41. The Hall–Kier alpha value is -3.68. The number of anilines is 4. The van der Waals surface area contributed by atoms with E-state index in [-0.39, 0.29) is 10.6 Å². The molecule has 1 aromatic heterocycles. The largest absolute Gasteiger partial charge is 0.368 e. The van der Waals surface area contributed by atoms with Gasteiger partial charge >= 0.3 is 5.69 Å². The van der Waals surface area contributed by atoms with Crippen LogP contribution in [0, 0.1) is 10.1 Å². The second-order valence-corrected chi connectivity index (χ2v) is 7.47. The maximum Gasteiger partial charge on any atom is 0.353 e. The van der Waals surface area contributed by atoms with Crippen LogP contribution in [0.4, 0.5) is 28.7 Å². The highest BCUT2D eigenvalue weighted by atomic mass is 16.6. The van der Waals surface area contributed by atoms with Gasteiger partial charge in [-0.2, -0.15) is 0 Å². The number of rotatable bonds is 4. The molecule has 5 rings (SSSR count). The molecule has 0 unspecified atom stereocenters. The van der Waals surface area contributed by atoms with Gasteiger partial charge in [-0.25, -0.2) is 9.97 Å². The molecule has 152 valence electrons. The van der Waals surface area contributed by atoms with Crippen LogP contribution in [0.3, 0.4) is 0 Å². The van der Waals surface area contributed by atoms with Crippen molar-refractivity contribution in [3.8, 4) is 0 Å². The molecule has 30 heavy (non-hydrogen) atoms. The number of nitro groups is 1. The summed E-state index contributed by atoms with van der Waals surface area (Å²) >= 11 is 0. The molecule has 0 aliphatic carbocycles. The van der Waals surface area contributed by atoms with E-state index < -0.39 is 0 Å². The molecule has 3 heterocycles. The predicted octanol–water partition coefficient (Wildman–Crippen LogP) is 3.41. The van der Waals surface area contributed by atoms with E-state index in [1.807, 2.05) is 46.2 Å². The van der Waals surface area contributed by atoms with Crippen molar-refractivity contribution in [1.82, 2.24) is 9.97 Å². The second kappa shape index (κ2) is 7.62. The molecule has 0 N–H and O–H groups in total. The third kappa shape index (κ3) is 3.20. The molecule has 8 nitrogen and oxygen atoms in total. The first-order chi connectivity index (χ1) is 14.7. The first-order valence-electron chi connectivity index (χ1n) is 10.1. The van der Waals surface area contributed by atoms with Crippen LogP contribution in [0.25, 0.3) is 0 Å². The molecule has 0 amide bonds. The fraction of sp³-hybridized carbons (Fsp3) is 0.273. The van der Waals surface area contributed by atoms with Crippen LogP contribution in [0.15, 0.2) is 60.9 Å². The quantitative estimate of drug-likeness (QED) is 0.489. The van der Waals surface area contributed by atoms with Gasteiger partial charge in [0.2, 0.25) is 11.6 Å². The molecule has 2 aromatic carbocycles. The van der Waals surface area contributed by atoms with Gasteiger partial charge in [0.15, 0.2) is 0 Å². The van der Waals surface area contributed by atoms with Crippen molar-refractivity contribution in [1.29, 1.82) is 0 Å². The minimum atomic E-state index is -0.338. The van der Waals surface area contributed by atoms with E-state index in [9.17, 15) is 10.1 Å². The predicted molar refractivity (Wildman–Crippen MR) is 117 cm³/mol. The average Bonchev–Trinajstić information content (AvgIpc) is 3.23. The maximum atomic E-state index is 12.1. The molecular formula is C22H22N6O2. The zero-order valence-corrected chi connectivity index (χ0v) is 16.5. The van der Waals surface area contributed by atoms with E-state index in [1.165, 1.54) is 17.6 Å². The summed E-state index contributed by atoms with van der Waals surface area (Å²) in [5, 5.41) is 12.1. The summed E-state index contributed by atoms with van der Waals surface area (Å²) in [6, 6.07) is 18.2. The average molecular weight is 402 g/mol. The van der Waals surface area contributed by atoms with Gasteiger partial charge in [-0.3, -0.25) is 10.1 Å². The van der Waals surface area contributed by atoms with Crippen molar-refractivity contribution in [3.05, 3.63) is 76.6 Å². The topological polar surface area (TPSA) is 78.6 Å². The van der Waals surface area contributed by atoms with E-state index in [0.29, 0.717) is 31.3 Å². The van der Waals surface area contributed by atoms with Crippen molar-refractivity contribution < 1.29 is 4.92 Å². The van der Waals surface area contributed by atoms with Crippen LogP contribution in [0.5, 0.6) is 0 Å². The van der Waals surface area contributed by atoms with Crippen LogP contribution >= 0.6 is 0 Å². The van der Waals surface area contributed by atoms with Gasteiger partial charge in [-0.15, -0.1) is 0 Å². The molecular weight excluding hydrogens is 380 g/mol. The summed E-state index contributed by atoms with van der Waals surface area (Å²) < 4.78 is 0. The lowest BCUT2D eigenvalue weighted by Crippen LogP contribution is -2.47. The Morgan fingerprint density at radius 2 is 1.47 bits per heavy atom. The molecule has 0 saturated carbocycles. The van der Waals surface area contributed by atoms with E-state index in [2.05, 4.69) is 33.1 Å². The number of benzene rings is 2. The van der Waals surface area contributed by atoms with Gasteiger partial charge in [-0.1, -0.05) is 36.4 Å². The highest BCUT2D eigenvalue weighted by Gasteiger charge is 2.34. The number of hydrogen-bond donors (Lipinski definition) is 0. The standard InChI is InChI=1S/C22H22N6O2/c29-28(30)20-21(26-14-12-25(13-15-26)18-7-2-1-3-8-18)23-16-24-22(20)27-11-10-17-6-4-5-9-19(17)27/h1-9,16H,10-15H2. The van der Waals surface area contributed by atoms with Gasteiger partial charge in [0.05, 0.1) is 4.92 Å². The molecule has 2 aliphatic heterocycles. The maximum absolute atomic E-state index is 12.1. The van der Waals surface area contributed by atoms with Crippen LogP contribution in [0.1, 0.15) is 5.56 Å². The minimum Gasteiger partial charge on any atom is -0.368 e. The Morgan fingerprint density at radius 1 is 0.800 bits per heavy atom. The molecule has 0 spiro atoms. The van der Waals surface area contributed by atoms with E-state index >= 15 is 0 Å². The Kier molecular flexibility index (Phi) is 4.66. The Morgan fingerprint density at radius 3 is 2.23 bits per heavy atom. The fourth-order valence-corrected chi connectivity index (χ4v) is 4.33. The van der Waals surface area contributed by atoms with E-state index in [0.717, 1.165) is 25.2 Å². The Labute approximate surface area is 174 Å². The second-order valence-electron chi connectivity index (χ2n) is 7.47. The molecule has 2 aliphatic rings. The summed E-state index contributed by atoms with van der Waals surface area (Å²) in [5.41, 5.74) is 3.33. The van der Waals surface area contributed by atoms with Crippen molar-refractivity contribution >= 4 is 28.7 Å². The van der Waals surface area contributed by atoms with Crippen molar-refractivity contribution in [2.24, 2.45) is 0 Å². The third-order valence-corrected chi connectivity index (χ3v) is 5.81. The Bertz CT molecular complexity index is 1070. The number of hydrogen-bond acceptors (Lipinski definition) is 7. The van der Waals surface area contributed by atoms with Crippen LogP contribution in [-0.4, -0.2) is 47.6 Å². The molecule has 1 saturated heterocycles. The lowest BCUT2D eigenvalue weighted by atomic mass is 10.2. The van der Waals surface area contributed by atoms with Crippen molar-refractivity contribution in [3.63, 3.8) is 0 Å². The highest BCUT2D eigenvalue weighted by molar-refractivity contribution is 5.79. The van der Waals surface area contributed by atoms with E-state index in [1.54, 1.807) is 0 Å². The molecule has 0 atom stereocenters. The molecule has 1 fully saturated rings. The zero-order valence-electron chi connectivity index (χ0n) is 16.5. The normalized spacial score (nSPS) is 15.9. The van der Waals surface area contributed by atoms with Gasteiger partial charge < -0.3 is 14.7 Å². The Balaban J connectivity index is 1.44. The van der Waals surface area contributed by atoms with Crippen molar-refractivity contribution in [2.75, 3.05) is 47.4 Å². The molecule has 0 bridgehead atoms. The number of nitrogens with zero attached hydrogens (tertiary/aromatic N) is 6. The SMILES string of the molecule is O=[N+]([O-])c1c(N2CCN(c3ccccc3)CC2)ncnc1N1CCc2ccccc21. The first kappa shape index (κ1) is 18.4. The van der Waals surface area contributed by atoms with Crippen LogP contribution in [0.2, 0.25) is 0 Å². The monoisotopic (exact) mass is 402 g/mol. The number of aromatic nitrogens is 2. The zero-order chi connectivity index (χ0) is 20.5. The summed E-state index contributed by atoms with van der Waals surface area (Å²) in [7, 11) is 0. The van der Waals surface area contributed by atoms with Gasteiger partial charge in [0, 0.05) is 44.1 Å². The van der Waals surface area contributed by atoms with Crippen LogP contribution in [-0.2, 0) is 6.42 Å². The first-order valence-corrected chi connectivity index (χ1v) is 10.1. The van der Waals surface area contributed by atoms with Gasteiger partial charge in [0.25, 0.3) is 0 Å². The summed E-state index contributed by atoms with van der Waals surface area (Å²) in [6.45, 7) is 3.59. The summed E-state index contributed by atoms with van der Waals surface area (Å²) in [6.07, 6.45) is 2.30. The summed E-state index contributed by atoms with van der Waals surface area (Å²) in [4.78, 5) is 26.7. The number of para-hydroxylation sites is 2. The minimum absolute atomic E-state index is 0.0117. The molecule has 0 radical (unpaired) electrons. The fourth-order valence-electron chi connectivity index (χ4n) is 4.33. The summed E-state index contributed by atoms with van der Waals surface area (Å²) in [5.74, 6) is 0.780. The number of piperazine rings is 1. The molecule has 8 heteroatoms. The third-order valence-electron chi connectivity index (χ3n) is 5.81. The van der Waals surface area contributed by atoms with Crippen LogP contribution < -0.4 is 14.7 Å². The van der Waals surface area contributed by atoms with Gasteiger partial charge in [-0.05, 0) is 30.2 Å². The molecule has 3 aromatic rings. The number of fused-ring (bicyclic) bond motifs is 1. The van der Waals surface area contributed by atoms with Gasteiger partial charge in [0.1, 0.15) is 6.33 Å².